The van der Waals surface area contributed by atoms with Crippen LogP contribution in [0.3, 0.4) is 0 Å². The van der Waals surface area contributed by atoms with Crippen molar-refractivity contribution in [3.63, 3.8) is 0 Å². The third kappa shape index (κ3) is 3.99. The van der Waals surface area contributed by atoms with Gasteiger partial charge in [0.05, 0.1) is 16.8 Å². The highest BCUT2D eigenvalue weighted by molar-refractivity contribution is 7.18. The van der Waals surface area contributed by atoms with Crippen molar-refractivity contribution in [2.75, 3.05) is 32.5 Å². The molecule has 0 aliphatic carbocycles. The Morgan fingerprint density at radius 2 is 2.07 bits per heavy atom. The van der Waals surface area contributed by atoms with E-state index in [-0.39, 0.29) is 11.7 Å². The largest absolute Gasteiger partial charge is 0.365 e. The summed E-state index contributed by atoms with van der Waals surface area (Å²) in [5, 5.41) is 4.93. The molecule has 7 heteroatoms. The number of nitrogens with zero attached hydrogens (tertiary/aromatic N) is 4. The molecule has 0 unspecified atom stereocenters. The van der Waals surface area contributed by atoms with Gasteiger partial charge in [-0.15, -0.1) is 0 Å². The lowest BCUT2D eigenvalue weighted by atomic mass is 9.91. The molecule has 1 aromatic carbocycles. The van der Waals surface area contributed by atoms with Gasteiger partial charge in [-0.3, -0.25) is 4.79 Å². The average molecular weight is 382 g/mol. The Bertz CT molecular complexity index is 962. The molecular weight excluding hydrogens is 358 g/mol. The van der Waals surface area contributed by atoms with Gasteiger partial charge in [0.15, 0.2) is 5.13 Å². The Morgan fingerprint density at radius 1 is 1.26 bits per heavy atom. The number of thiazole rings is 1. The molecule has 0 radical (unpaired) electrons. The first-order valence-corrected chi connectivity index (χ1v) is 10.0. The average Bonchev–Trinajstić information content (AvgIpc) is 3.17. The Hall–Kier alpha value is -2.38. The molecule has 0 bridgehead atoms. The third-order valence-electron chi connectivity index (χ3n) is 5.14. The number of anilines is 1. The fraction of sp³-hybridized carbons (Fsp3) is 0.400. The zero-order valence-corrected chi connectivity index (χ0v) is 16.4. The number of carbonyl (C=O) groups excluding carboxylic acids is 1. The van der Waals surface area contributed by atoms with E-state index >= 15 is 0 Å². The molecule has 1 fully saturated rings. The van der Waals surface area contributed by atoms with Crippen LogP contribution < -0.4 is 5.32 Å². The number of rotatable bonds is 5. The van der Waals surface area contributed by atoms with Gasteiger partial charge in [-0.2, -0.15) is 0 Å². The molecule has 1 N–H and O–H groups in total. The van der Waals surface area contributed by atoms with E-state index in [4.69, 9.17) is 0 Å². The minimum atomic E-state index is 0.143. The number of benzene rings is 1. The van der Waals surface area contributed by atoms with E-state index in [9.17, 15) is 4.79 Å². The first-order valence-electron chi connectivity index (χ1n) is 9.23. The highest BCUT2D eigenvalue weighted by Crippen LogP contribution is 2.30. The predicted octanol–water partition coefficient (Wildman–Crippen LogP) is 3.25. The van der Waals surface area contributed by atoms with Gasteiger partial charge >= 0.3 is 0 Å². The summed E-state index contributed by atoms with van der Waals surface area (Å²) in [6, 6.07) is 6.13. The number of ketones is 1. The number of hydrogen-bond donors (Lipinski definition) is 1. The van der Waals surface area contributed by atoms with Crippen LogP contribution in [0, 0.1) is 5.92 Å². The van der Waals surface area contributed by atoms with E-state index in [0.717, 1.165) is 52.4 Å². The number of nitrogens with one attached hydrogen (secondary N) is 1. The zero-order chi connectivity index (χ0) is 18.8. The third-order valence-corrected chi connectivity index (χ3v) is 6.21. The molecule has 6 nitrogen and oxygen atoms in total. The monoisotopic (exact) mass is 381 g/mol. The van der Waals surface area contributed by atoms with E-state index in [1.807, 2.05) is 31.6 Å². The minimum absolute atomic E-state index is 0.143. The highest BCUT2D eigenvalue weighted by Gasteiger charge is 2.24. The van der Waals surface area contributed by atoms with Gasteiger partial charge in [0.25, 0.3) is 0 Å². The molecule has 0 saturated carbocycles. The molecule has 3 heterocycles. The maximum absolute atomic E-state index is 12.6. The van der Waals surface area contributed by atoms with E-state index in [1.165, 1.54) is 0 Å². The SMILES string of the molecule is CNc1ncc(-c2ccc3cnc(CC(=O)C4CCN(C)CC4)nc3c2)s1. The summed E-state index contributed by atoms with van der Waals surface area (Å²) in [6.07, 6.45) is 5.87. The van der Waals surface area contributed by atoms with Gasteiger partial charge in [-0.1, -0.05) is 23.5 Å². The van der Waals surface area contributed by atoms with Crippen molar-refractivity contribution < 1.29 is 4.79 Å². The topological polar surface area (TPSA) is 71.0 Å². The molecule has 1 aliphatic heterocycles. The van der Waals surface area contributed by atoms with Crippen LogP contribution in [0.2, 0.25) is 0 Å². The summed E-state index contributed by atoms with van der Waals surface area (Å²) in [5.41, 5.74) is 1.95. The van der Waals surface area contributed by atoms with Gasteiger partial charge in [-0.25, -0.2) is 15.0 Å². The second kappa shape index (κ2) is 7.70. The number of Topliss-reactive ketones (excluding diaryl/α,β-unsaturated/α-hetero) is 1. The van der Waals surface area contributed by atoms with E-state index in [2.05, 4.69) is 38.3 Å². The molecule has 2 aromatic heterocycles. The Labute approximate surface area is 162 Å². The molecule has 0 spiro atoms. The van der Waals surface area contributed by atoms with Crippen molar-refractivity contribution in [2.24, 2.45) is 5.92 Å². The van der Waals surface area contributed by atoms with Crippen LogP contribution in [0.15, 0.2) is 30.6 Å². The van der Waals surface area contributed by atoms with Crippen molar-refractivity contribution >= 4 is 33.2 Å². The molecule has 0 atom stereocenters. The molecule has 1 aliphatic rings. The summed E-state index contributed by atoms with van der Waals surface area (Å²) in [7, 11) is 3.97. The predicted molar refractivity (Wildman–Crippen MR) is 109 cm³/mol. The number of aromatic nitrogens is 3. The number of likely N-dealkylation sites (tertiary alicyclic amines) is 1. The number of hydrogen-bond acceptors (Lipinski definition) is 7. The fourth-order valence-corrected chi connectivity index (χ4v) is 4.22. The number of carbonyl (C=O) groups is 1. The standard InChI is InChI=1S/C20H23N5OS/c1-21-20-23-12-18(27-20)14-3-4-15-11-22-19(24-16(15)9-14)10-17(26)13-5-7-25(2)8-6-13/h3-4,9,11-13H,5-8,10H2,1-2H3,(H,21,23). The summed E-state index contributed by atoms with van der Waals surface area (Å²) >= 11 is 1.60. The van der Waals surface area contributed by atoms with Gasteiger partial charge < -0.3 is 10.2 Å². The normalized spacial score (nSPS) is 15.9. The van der Waals surface area contributed by atoms with Crippen LogP contribution >= 0.6 is 11.3 Å². The first kappa shape index (κ1) is 18.0. The smallest absolute Gasteiger partial charge is 0.182 e. The lowest BCUT2D eigenvalue weighted by Crippen LogP contribution is -2.34. The van der Waals surface area contributed by atoms with Crippen molar-refractivity contribution in [1.29, 1.82) is 0 Å². The van der Waals surface area contributed by atoms with Crippen LogP contribution in [-0.2, 0) is 11.2 Å². The summed E-state index contributed by atoms with van der Waals surface area (Å²) in [6.45, 7) is 1.98. The summed E-state index contributed by atoms with van der Waals surface area (Å²) in [4.78, 5) is 29.4. The lowest BCUT2D eigenvalue weighted by molar-refractivity contribution is -0.123. The zero-order valence-electron chi connectivity index (χ0n) is 15.6. The Balaban J connectivity index is 1.54. The molecule has 1 saturated heterocycles. The van der Waals surface area contributed by atoms with Crippen molar-refractivity contribution in [3.05, 3.63) is 36.4 Å². The molecule has 3 aromatic rings. The molecule has 4 rings (SSSR count). The summed E-state index contributed by atoms with van der Waals surface area (Å²) in [5.74, 6) is 1.02. The second-order valence-electron chi connectivity index (χ2n) is 7.06. The van der Waals surface area contributed by atoms with Crippen molar-refractivity contribution in [2.45, 2.75) is 19.3 Å². The van der Waals surface area contributed by atoms with Gasteiger partial charge in [0.1, 0.15) is 11.6 Å². The Morgan fingerprint density at radius 3 is 2.81 bits per heavy atom. The maximum atomic E-state index is 12.6. The maximum Gasteiger partial charge on any atom is 0.182 e. The number of piperidine rings is 1. The number of fused-ring (bicyclic) bond motifs is 1. The molecular formula is C20H23N5OS. The van der Waals surface area contributed by atoms with E-state index in [1.54, 1.807) is 11.3 Å². The van der Waals surface area contributed by atoms with Gasteiger partial charge in [0, 0.05) is 30.7 Å². The van der Waals surface area contributed by atoms with Crippen LogP contribution in [0.5, 0.6) is 0 Å². The van der Waals surface area contributed by atoms with E-state index < -0.39 is 0 Å². The van der Waals surface area contributed by atoms with Crippen LogP contribution in [-0.4, -0.2) is 52.8 Å². The minimum Gasteiger partial charge on any atom is -0.365 e. The quantitative estimate of drug-likeness (QED) is 0.732. The van der Waals surface area contributed by atoms with Crippen LogP contribution in [0.1, 0.15) is 18.7 Å². The molecule has 27 heavy (non-hydrogen) atoms. The van der Waals surface area contributed by atoms with Crippen LogP contribution in [0.25, 0.3) is 21.3 Å². The highest BCUT2D eigenvalue weighted by atomic mass is 32.1. The fourth-order valence-electron chi connectivity index (χ4n) is 3.45. The lowest BCUT2D eigenvalue weighted by Gasteiger charge is -2.27. The van der Waals surface area contributed by atoms with Gasteiger partial charge in [0.2, 0.25) is 0 Å². The van der Waals surface area contributed by atoms with Crippen molar-refractivity contribution in [3.8, 4) is 10.4 Å². The van der Waals surface area contributed by atoms with E-state index in [0.29, 0.717) is 12.2 Å². The second-order valence-corrected chi connectivity index (χ2v) is 8.09. The molecule has 0 amide bonds. The Kier molecular flexibility index (Phi) is 5.13. The van der Waals surface area contributed by atoms with Crippen LogP contribution in [0.4, 0.5) is 5.13 Å². The molecule has 140 valence electrons. The first-order chi connectivity index (χ1) is 13.1. The van der Waals surface area contributed by atoms with Crippen molar-refractivity contribution in [1.82, 2.24) is 19.9 Å². The summed E-state index contributed by atoms with van der Waals surface area (Å²) < 4.78 is 0. The van der Waals surface area contributed by atoms with Gasteiger partial charge in [-0.05, 0) is 44.6 Å².